The van der Waals surface area contributed by atoms with Crippen molar-refractivity contribution in [1.82, 2.24) is 15.1 Å². The third kappa shape index (κ3) is 4.27. The summed E-state index contributed by atoms with van der Waals surface area (Å²) in [5.41, 5.74) is 1.54. The number of piperidine rings is 3. The molecule has 4 aliphatic heterocycles. The molecule has 0 aromatic heterocycles. The number of imide groups is 2. The number of carbonyl (C=O) groups excluding carboxylic acids is 4. The molecular formula is C24H30N4O5. The Morgan fingerprint density at radius 2 is 1.48 bits per heavy atom. The van der Waals surface area contributed by atoms with Gasteiger partial charge in [-0.1, -0.05) is 0 Å². The van der Waals surface area contributed by atoms with Crippen molar-refractivity contribution in [2.75, 3.05) is 38.1 Å². The van der Waals surface area contributed by atoms with Gasteiger partial charge in [-0.05, 0) is 57.4 Å². The lowest BCUT2D eigenvalue weighted by Gasteiger charge is -2.37. The number of likely N-dealkylation sites (tertiary alicyclic amines) is 1. The fourth-order valence-corrected chi connectivity index (χ4v) is 5.30. The Morgan fingerprint density at radius 1 is 0.848 bits per heavy atom. The highest BCUT2D eigenvalue weighted by Gasteiger charge is 2.44. The van der Waals surface area contributed by atoms with Crippen LogP contribution in [0.4, 0.5) is 5.69 Å². The SMILES string of the molecule is CN1CCC(OC2CCN(c3ccc4c(c3)C(=O)N(C3CCC(=O)NC3=O)C4=O)CC2)CC1. The summed E-state index contributed by atoms with van der Waals surface area (Å²) >= 11 is 0. The van der Waals surface area contributed by atoms with Crippen molar-refractivity contribution in [2.24, 2.45) is 0 Å². The van der Waals surface area contributed by atoms with Crippen molar-refractivity contribution < 1.29 is 23.9 Å². The molecule has 1 N–H and O–H groups in total. The maximum Gasteiger partial charge on any atom is 0.262 e. The number of amides is 4. The maximum absolute atomic E-state index is 13.1. The minimum atomic E-state index is -0.939. The molecular weight excluding hydrogens is 424 g/mol. The van der Waals surface area contributed by atoms with E-state index in [1.54, 1.807) is 12.1 Å². The van der Waals surface area contributed by atoms with Crippen molar-refractivity contribution in [2.45, 2.75) is 56.8 Å². The van der Waals surface area contributed by atoms with Crippen molar-refractivity contribution >= 4 is 29.3 Å². The van der Waals surface area contributed by atoms with E-state index in [2.05, 4.69) is 22.2 Å². The standard InChI is InChI=1S/C24H30N4O5/c1-26-10-6-16(7-11-26)33-17-8-12-27(13-9-17)15-2-3-18-19(14-15)24(32)28(23(18)31)20-4-5-21(29)25-22(20)30/h2-3,14,16-17,20H,4-13H2,1H3,(H,25,29,30). The van der Waals surface area contributed by atoms with Crippen LogP contribution in [0.15, 0.2) is 18.2 Å². The first kappa shape index (κ1) is 22.0. The molecule has 0 aliphatic carbocycles. The summed E-state index contributed by atoms with van der Waals surface area (Å²) < 4.78 is 6.35. The second kappa shape index (κ2) is 8.87. The van der Waals surface area contributed by atoms with E-state index in [-0.39, 0.29) is 24.9 Å². The van der Waals surface area contributed by atoms with E-state index in [0.29, 0.717) is 17.2 Å². The molecule has 0 saturated carbocycles. The predicted octanol–water partition coefficient (Wildman–Crippen LogP) is 1.17. The molecule has 0 radical (unpaired) electrons. The number of anilines is 1. The topological polar surface area (TPSA) is 99.3 Å². The Hall–Kier alpha value is -2.78. The third-order valence-corrected chi connectivity index (χ3v) is 7.28. The summed E-state index contributed by atoms with van der Waals surface area (Å²) in [5, 5.41) is 2.23. The molecule has 4 heterocycles. The zero-order valence-corrected chi connectivity index (χ0v) is 18.9. The summed E-state index contributed by atoms with van der Waals surface area (Å²) in [6.07, 6.45) is 4.91. The van der Waals surface area contributed by atoms with Gasteiger partial charge < -0.3 is 14.5 Å². The number of fused-ring (bicyclic) bond motifs is 1. The van der Waals surface area contributed by atoms with Crippen LogP contribution in [-0.2, 0) is 14.3 Å². The van der Waals surface area contributed by atoms with Crippen LogP contribution in [0.2, 0.25) is 0 Å². The van der Waals surface area contributed by atoms with Crippen LogP contribution in [0, 0.1) is 0 Å². The van der Waals surface area contributed by atoms with Crippen molar-refractivity contribution in [3.63, 3.8) is 0 Å². The lowest BCUT2D eigenvalue weighted by atomic mass is 10.0. The number of nitrogens with zero attached hydrogens (tertiary/aromatic N) is 3. The molecule has 1 aromatic carbocycles. The molecule has 9 heteroatoms. The van der Waals surface area contributed by atoms with Gasteiger partial charge >= 0.3 is 0 Å². The molecule has 0 spiro atoms. The fourth-order valence-electron chi connectivity index (χ4n) is 5.30. The zero-order chi connectivity index (χ0) is 23.1. The van der Waals surface area contributed by atoms with Gasteiger partial charge in [0.15, 0.2) is 0 Å². The Morgan fingerprint density at radius 3 is 2.15 bits per heavy atom. The number of carbonyl (C=O) groups is 4. The van der Waals surface area contributed by atoms with Gasteiger partial charge in [-0.2, -0.15) is 0 Å². The molecule has 4 amide bonds. The summed E-state index contributed by atoms with van der Waals surface area (Å²) in [6, 6.07) is 4.37. The van der Waals surface area contributed by atoms with Gasteiger partial charge in [0.25, 0.3) is 11.8 Å². The highest BCUT2D eigenvalue weighted by atomic mass is 16.5. The summed E-state index contributed by atoms with van der Waals surface area (Å²) in [4.78, 5) is 55.2. The van der Waals surface area contributed by atoms with Crippen LogP contribution < -0.4 is 10.2 Å². The van der Waals surface area contributed by atoms with Gasteiger partial charge in [-0.15, -0.1) is 0 Å². The molecule has 9 nitrogen and oxygen atoms in total. The quantitative estimate of drug-likeness (QED) is 0.682. The number of nitrogens with one attached hydrogen (secondary N) is 1. The minimum absolute atomic E-state index is 0.115. The fraction of sp³-hybridized carbons (Fsp3) is 0.583. The highest BCUT2D eigenvalue weighted by molar-refractivity contribution is 6.23. The summed E-state index contributed by atoms with van der Waals surface area (Å²) in [7, 11) is 2.15. The molecule has 1 atom stereocenters. The molecule has 3 saturated heterocycles. The molecule has 1 unspecified atom stereocenters. The van der Waals surface area contributed by atoms with Crippen LogP contribution in [0.1, 0.15) is 59.2 Å². The van der Waals surface area contributed by atoms with Crippen LogP contribution >= 0.6 is 0 Å². The van der Waals surface area contributed by atoms with Crippen LogP contribution in [-0.4, -0.2) is 84.9 Å². The number of hydrogen-bond acceptors (Lipinski definition) is 7. The Labute approximate surface area is 193 Å². The smallest absolute Gasteiger partial charge is 0.262 e. The molecule has 33 heavy (non-hydrogen) atoms. The van der Waals surface area contributed by atoms with Gasteiger partial charge in [0, 0.05) is 38.3 Å². The van der Waals surface area contributed by atoms with Gasteiger partial charge in [0.05, 0.1) is 23.3 Å². The second-order valence-corrected chi connectivity index (χ2v) is 9.50. The van der Waals surface area contributed by atoms with Gasteiger partial charge in [-0.3, -0.25) is 29.4 Å². The normalized spacial score (nSPS) is 25.5. The van der Waals surface area contributed by atoms with Crippen molar-refractivity contribution in [3.8, 4) is 0 Å². The predicted molar refractivity (Wildman–Crippen MR) is 120 cm³/mol. The first-order valence-corrected chi connectivity index (χ1v) is 11.9. The first-order valence-electron chi connectivity index (χ1n) is 11.9. The zero-order valence-electron chi connectivity index (χ0n) is 18.9. The molecule has 3 fully saturated rings. The number of hydrogen-bond donors (Lipinski definition) is 1. The lowest BCUT2D eigenvalue weighted by Crippen LogP contribution is -2.54. The maximum atomic E-state index is 13.1. The number of benzene rings is 1. The number of rotatable bonds is 4. The second-order valence-electron chi connectivity index (χ2n) is 9.50. The van der Waals surface area contributed by atoms with Crippen LogP contribution in [0.25, 0.3) is 0 Å². The Balaban J connectivity index is 1.23. The monoisotopic (exact) mass is 454 g/mol. The largest absolute Gasteiger partial charge is 0.375 e. The van der Waals surface area contributed by atoms with Gasteiger partial charge in [-0.25, -0.2) is 0 Å². The minimum Gasteiger partial charge on any atom is -0.375 e. The van der Waals surface area contributed by atoms with Crippen LogP contribution in [0.5, 0.6) is 0 Å². The van der Waals surface area contributed by atoms with Crippen LogP contribution in [0.3, 0.4) is 0 Å². The van der Waals surface area contributed by atoms with E-state index in [9.17, 15) is 19.2 Å². The molecule has 1 aromatic rings. The highest BCUT2D eigenvalue weighted by Crippen LogP contribution is 2.32. The van der Waals surface area contributed by atoms with E-state index in [0.717, 1.165) is 62.4 Å². The lowest BCUT2D eigenvalue weighted by molar-refractivity contribution is -0.136. The van der Waals surface area contributed by atoms with E-state index in [1.165, 1.54) is 0 Å². The van der Waals surface area contributed by atoms with Gasteiger partial charge in [0.1, 0.15) is 6.04 Å². The summed E-state index contributed by atoms with van der Waals surface area (Å²) in [5.74, 6) is -1.90. The van der Waals surface area contributed by atoms with Crippen molar-refractivity contribution in [1.29, 1.82) is 0 Å². The Kier molecular flexibility index (Phi) is 5.92. The van der Waals surface area contributed by atoms with E-state index in [4.69, 9.17) is 4.74 Å². The summed E-state index contributed by atoms with van der Waals surface area (Å²) in [6.45, 7) is 3.83. The van der Waals surface area contributed by atoms with E-state index < -0.39 is 23.8 Å². The average molecular weight is 455 g/mol. The average Bonchev–Trinajstić information content (AvgIpc) is 3.06. The molecule has 4 aliphatic rings. The molecule has 0 bridgehead atoms. The Bertz CT molecular complexity index is 979. The third-order valence-electron chi connectivity index (χ3n) is 7.28. The molecule has 5 rings (SSSR count). The van der Waals surface area contributed by atoms with E-state index >= 15 is 0 Å². The van der Waals surface area contributed by atoms with Crippen molar-refractivity contribution in [3.05, 3.63) is 29.3 Å². The van der Waals surface area contributed by atoms with Gasteiger partial charge in [0.2, 0.25) is 11.8 Å². The van der Waals surface area contributed by atoms with E-state index in [1.807, 2.05) is 6.07 Å². The number of ether oxygens (including phenoxy) is 1. The molecule has 176 valence electrons. The first-order chi connectivity index (χ1) is 15.9.